The number of aromatic carboxylic acids is 1. The van der Waals surface area contributed by atoms with Crippen molar-refractivity contribution in [3.05, 3.63) is 64.3 Å². The Balaban J connectivity index is 1.89. The lowest BCUT2D eigenvalue weighted by molar-refractivity contribution is 0.0697. The third-order valence-electron chi connectivity index (χ3n) is 3.96. The number of benzene rings is 2. The Bertz CT molecular complexity index is 1040. The van der Waals surface area contributed by atoms with E-state index in [0.29, 0.717) is 33.9 Å². The Morgan fingerprint density at radius 2 is 1.89 bits per heavy atom. The Hall–Kier alpha value is -3.32. The molecule has 2 aromatic carbocycles. The molecule has 0 saturated heterocycles. The molecule has 8 heteroatoms. The molecule has 0 saturated carbocycles. The number of aryl methyl sites for hydroxylation is 2. The van der Waals surface area contributed by atoms with E-state index >= 15 is 0 Å². The first-order valence-electron chi connectivity index (χ1n) is 8.43. The first-order valence-corrected chi connectivity index (χ1v) is 8.80. The van der Waals surface area contributed by atoms with Crippen LogP contribution in [0.5, 0.6) is 5.75 Å². The minimum atomic E-state index is -0.991. The number of nitrogens with zero attached hydrogens (tertiary/aromatic N) is 2. The summed E-state index contributed by atoms with van der Waals surface area (Å²) in [7, 11) is 1.56. The second-order valence-electron chi connectivity index (χ2n) is 6.16. The van der Waals surface area contributed by atoms with Crippen molar-refractivity contribution in [2.45, 2.75) is 13.8 Å². The molecule has 1 heterocycles. The summed E-state index contributed by atoms with van der Waals surface area (Å²) in [5, 5.41) is 16.0. The fraction of sp³-hybridized carbons (Fsp3) is 0.150. The van der Waals surface area contributed by atoms with Crippen LogP contribution in [0.2, 0.25) is 5.02 Å². The molecule has 0 fully saturated rings. The molecule has 3 rings (SSSR count). The first-order chi connectivity index (χ1) is 13.4. The van der Waals surface area contributed by atoms with Crippen LogP contribution < -0.4 is 15.4 Å². The van der Waals surface area contributed by atoms with E-state index in [1.807, 2.05) is 19.9 Å². The van der Waals surface area contributed by atoms with Crippen molar-refractivity contribution >= 4 is 40.7 Å². The fourth-order valence-corrected chi connectivity index (χ4v) is 2.77. The molecule has 3 aromatic rings. The zero-order valence-electron chi connectivity index (χ0n) is 15.6. The highest BCUT2D eigenvalue weighted by molar-refractivity contribution is 6.31. The van der Waals surface area contributed by atoms with Crippen molar-refractivity contribution in [1.82, 2.24) is 9.97 Å². The van der Waals surface area contributed by atoms with Crippen LogP contribution in [0.1, 0.15) is 21.6 Å². The molecule has 0 aliphatic rings. The van der Waals surface area contributed by atoms with E-state index in [2.05, 4.69) is 20.6 Å². The van der Waals surface area contributed by atoms with E-state index in [0.717, 1.165) is 11.3 Å². The number of rotatable bonds is 6. The van der Waals surface area contributed by atoms with Gasteiger partial charge in [0.15, 0.2) is 0 Å². The van der Waals surface area contributed by atoms with Crippen LogP contribution in [0, 0.1) is 13.8 Å². The van der Waals surface area contributed by atoms with Gasteiger partial charge in [0.1, 0.15) is 11.6 Å². The van der Waals surface area contributed by atoms with Gasteiger partial charge in [0.25, 0.3) is 0 Å². The lowest BCUT2D eigenvalue weighted by Crippen LogP contribution is -2.04. The smallest absolute Gasteiger partial charge is 0.335 e. The highest BCUT2D eigenvalue weighted by atomic mass is 35.5. The quantitative estimate of drug-likeness (QED) is 0.541. The van der Waals surface area contributed by atoms with E-state index in [1.165, 1.54) is 6.07 Å². The van der Waals surface area contributed by atoms with Crippen LogP contribution in [0.4, 0.5) is 23.1 Å². The summed E-state index contributed by atoms with van der Waals surface area (Å²) in [5.41, 5.74) is 3.12. The largest absolute Gasteiger partial charge is 0.495 e. The molecule has 28 heavy (non-hydrogen) atoms. The molecule has 0 bridgehead atoms. The number of halogens is 1. The molecule has 0 unspecified atom stereocenters. The molecule has 0 aliphatic carbocycles. The number of carboxylic acid groups (broad SMARTS) is 1. The van der Waals surface area contributed by atoms with Gasteiger partial charge in [0, 0.05) is 28.5 Å². The number of methoxy groups -OCH3 is 1. The highest BCUT2D eigenvalue weighted by Crippen LogP contribution is 2.32. The van der Waals surface area contributed by atoms with Gasteiger partial charge in [0.2, 0.25) is 5.95 Å². The van der Waals surface area contributed by atoms with Gasteiger partial charge in [0.05, 0.1) is 18.4 Å². The lowest BCUT2D eigenvalue weighted by Gasteiger charge is -2.14. The van der Waals surface area contributed by atoms with Gasteiger partial charge in [-0.2, -0.15) is 4.98 Å². The molecule has 0 aliphatic heterocycles. The summed E-state index contributed by atoms with van der Waals surface area (Å²) in [5.74, 6) is 0.485. The number of carbonyl (C=O) groups is 1. The maximum absolute atomic E-state index is 11.1. The van der Waals surface area contributed by atoms with E-state index in [4.69, 9.17) is 21.4 Å². The molecule has 144 valence electrons. The maximum Gasteiger partial charge on any atom is 0.335 e. The summed E-state index contributed by atoms with van der Waals surface area (Å²) in [6, 6.07) is 11.9. The predicted octanol–water partition coefficient (Wildman–Crippen LogP) is 4.94. The summed E-state index contributed by atoms with van der Waals surface area (Å²) >= 11 is 6.15. The molecule has 0 radical (unpaired) electrons. The van der Waals surface area contributed by atoms with Gasteiger partial charge in [-0.05, 0) is 43.7 Å². The van der Waals surface area contributed by atoms with E-state index in [9.17, 15) is 4.79 Å². The molecule has 0 spiro atoms. The van der Waals surface area contributed by atoms with E-state index in [1.54, 1.807) is 37.4 Å². The standard InChI is InChI=1S/C20H19ClN4O3/c1-11-7-16(17(28-3)10-15(11)21)24-20-22-12(2)8-18(25-20)23-14-6-4-5-13(9-14)19(26)27/h4-10H,1-3H3,(H,26,27)(H2,22,23,24,25). The second-order valence-corrected chi connectivity index (χ2v) is 6.56. The third kappa shape index (κ3) is 4.50. The van der Waals surface area contributed by atoms with Crippen LogP contribution in [-0.4, -0.2) is 28.2 Å². The monoisotopic (exact) mass is 398 g/mol. The minimum Gasteiger partial charge on any atom is -0.495 e. The number of carboxylic acids is 1. The van der Waals surface area contributed by atoms with Crippen molar-refractivity contribution in [2.24, 2.45) is 0 Å². The van der Waals surface area contributed by atoms with Crippen molar-refractivity contribution in [2.75, 3.05) is 17.7 Å². The number of ether oxygens (including phenoxy) is 1. The van der Waals surface area contributed by atoms with Crippen LogP contribution in [0.25, 0.3) is 0 Å². The van der Waals surface area contributed by atoms with Gasteiger partial charge in [-0.1, -0.05) is 17.7 Å². The van der Waals surface area contributed by atoms with Crippen molar-refractivity contribution in [1.29, 1.82) is 0 Å². The third-order valence-corrected chi connectivity index (χ3v) is 4.37. The molecule has 0 amide bonds. The first kappa shape index (κ1) is 19.4. The average Bonchev–Trinajstić information content (AvgIpc) is 2.64. The van der Waals surface area contributed by atoms with Crippen molar-refractivity contribution < 1.29 is 14.6 Å². The van der Waals surface area contributed by atoms with E-state index < -0.39 is 5.97 Å². The number of nitrogens with one attached hydrogen (secondary N) is 2. The van der Waals surface area contributed by atoms with Gasteiger partial charge in [-0.3, -0.25) is 0 Å². The van der Waals surface area contributed by atoms with Gasteiger partial charge in [-0.25, -0.2) is 9.78 Å². The van der Waals surface area contributed by atoms with Crippen molar-refractivity contribution in [3.8, 4) is 5.75 Å². The highest BCUT2D eigenvalue weighted by Gasteiger charge is 2.11. The second kappa shape index (κ2) is 8.14. The molecule has 7 nitrogen and oxygen atoms in total. The zero-order valence-corrected chi connectivity index (χ0v) is 16.3. The molecular weight excluding hydrogens is 380 g/mol. The van der Waals surface area contributed by atoms with Crippen molar-refractivity contribution in [3.63, 3.8) is 0 Å². The van der Waals surface area contributed by atoms with Crippen LogP contribution in [0.15, 0.2) is 42.5 Å². The summed E-state index contributed by atoms with van der Waals surface area (Å²) in [4.78, 5) is 20.0. The van der Waals surface area contributed by atoms with Gasteiger partial charge < -0.3 is 20.5 Å². The number of hydrogen-bond acceptors (Lipinski definition) is 6. The fourth-order valence-electron chi connectivity index (χ4n) is 2.62. The summed E-state index contributed by atoms with van der Waals surface area (Å²) in [6.07, 6.45) is 0. The Morgan fingerprint density at radius 1 is 1.11 bits per heavy atom. The van der Waals surface area contributed by atoms with Crippen LogP contribution >= 0.6 is 11.6 Å². The summed E-state index contributed by atoms with van der Waals surface area (Å²) < 4.78 is 5.37. The van der Waals surface area contributed by atoms with E-state index in [-0.39, 0.29) is 5.56 Å². The summed E-state index contributed by atoms with van der Waals surface area (Å²) in [6.45, 7) is 3.74. The Labute approximate surface area is 167 Å². The van der Waals surface area contributed by atoms with Gasteiger partial charge >= 0.3 is 5.97 Å². The molecular formula is C20H19ClN4O3. The maximum atomic E-state index is 11.1. The Kier molecular flexibility index (Phi) is 5.65. The van der Waals surface area contributed by atoms with Gasteiger partial charge in [-0.15, -0.1) is 0 Å². The zero-order chi connectivity index (χ0) is 20.3. The number of aromatic nitrogens is 2. The predicted molar refractivity (Wildman–Crippen MR) is 109 cm³/mol. The normalized spacial score (nSPS) is 10.4. The number of anilines is 4. The molecule has 1 aromatic heterocycles. The minimum absolute atomic E-state index is 0.190. The topological polar surface area (TPSA) is 96.4 Å². The SMILES string of the molecule is COc1cc(Cl)c(C)cc1Nc1nc(C)cc(Nc2cccc(C(=O)O)c2)n1. The Morgan fingerprint density at radius 3 is 2.61 bits per heavy atom. The molecule has 0 atom stereocenters. The average molecular weight is 399 g/mol. The number of hydrogen-bond donors (Lipinski definition) is 3. The molecule has 3 N–H and O–H groups in total. The van der Waals surface area contributed by atoms with Crippen LogP contribution in [0.3, 0.4) is 0 Å². The lowest BCUT2D eigenvalue weighted by atomic mass is 10.2. The van der Waals surface area contributed by atoms with Crippen LogP contribution in [-0.2, 0) is 0 Å².